The monoisotopic (exact) mass is 417 g/mol. The van der Waals surface area contributed by atoms with Crippen LogP contribution in [0.2, 0.25) is 0 Å². The molecule has 3 aromatic carbocycles. The number of anilines is 2. The Hall–Kier alpha value is -2.34. The van der Waals surface area contributed by atoms with Crippen molar-refractivity contribution in [3.8, 4) is 11.1 Å². The van der Waals surface area contributed by atoms with E-state index >= 15 is 0 Å². The molecule has 146 valence electrons. The number of thiazole rings is 1. The first kappa shape index (κ1) is 18.7. The summed E-state index contributed by atoms with van der Waals surface area (Å²) in [5.41, 5.74) is 8.10. The molecule has 0 amide bonds. The molecule has 2 heterocycles. The van der Waals surface area contributed by atoms with Crippen LogP contribution in [0.4, 0.5) is 11.4 Å². The van der Waals surface area contributed by atoms with Crippen LogP contribution in [0.15, 0.2) is 76.0 Å². The summed E-state index contributed by atoms with van der Waals surface area (Å²) in [6, 6.07) is 22.2. The van der Waals surface area contributed by atoms with E-state index in [4.69, 9.17) is 0 Å². The molecule has 29 heavy (non-hydrogen) atoms. The summed E-state index contributed by atoms with van der Waals surface area (Å²) >= 11 is 3.57. The van der Waals surface area contributed by atoms with Crippen molar-refractivity contribution in [1.29, 1.82) is 0 Å². The van der Waals surface area contributed by atoms with E-state index in [0.717, 1.165) is 25.0 Å². The van der Waals surface area contributed by atoms with Crippen molar-refractivity contribution in [3.63, 3.8) is 0 Å². The second-order valence-electron chi connectivity index (χ2n) is 7.60. The number of aromatic nitrogens is 1. The van der Waals surface area contributed by atoms with Crippen molar-refractivity contribution in [2.24, 2.45) is 0 Å². The third-order valence-electron chi connectivity index (χ3n) is 5.28. The number of rotatable bonds is 5. The lowest BCUT2D eigenvalue weighted by atomic mass is 10.0. The van der Waals surface area contributed by atoms with E-state index in [1.165, 1.54) is 37.0 Å². The first-order valence-corrected chi connectivity index (χ1v) is 11.6. The van der Waals surface area contributed by atoms with Crippen LogP contribution in [-0.4, -0.2) is 37.1 Å². The van der Waals surface area contributed by atoms with Gasteiger partial charge in [0.2, 0.25) is 0 Å². The van der Waals surface area contributed by atoms with E-state index < -0.39 is 0 Å². The highest BCUT2D eigenvalue weighted by Crippen LogP contribution is 2.49. The molecule has 5 rings (SSSR count). The van der Waals surface area contributed by atoms with E-state index in [1.807, 2.05) is 17.3 Å². The highest BCUT2D eigenvalue weighted by Gasteiger charge is 2.23. The Kier molecular flexibility index (Phi) is 5.04. The van der Waals surface area contributed by atoms with E-state index in [2.05, 4.69) is 89.5 Å². The Bertz CT molecular complexity index is 1170. The topological polar surface area (TPSA) is 19.4 Å². The predicted molar refractivity (Wildman–Crippen MR) is 126 cm³/mol. The molecule has 0 N–H and O–H groups in total. The highest BCUT2D eigenvalue weighted by atomic mass is 32.2. The maximum Gasteiger partial charge on any atom is 0.0818 e. The summed E-state index contributed by atoms with van der Waals surface area (Å²) in [6.07, 6.45) is 1.13. The second-order valence-corrected chi connectivity index (χ2v) is 9.57. The lowest BCUT2D eigenvalue weighted by Gasteiger charge is -2.33. The van der Waals surface area contributed by atoms with Gasteiger partial charge in [0.1, 0.15) is 0 Å². The van der Waals surface area contributed by atoms with Crippen molar-refractivity contribution < 1.29 is 0 Å². The van der Waals surface area contributed by atoms with Gasteiger partial charge in [-0.25, -0.2) is 4.98 Å². The van der Waals surface area contributed by atoms with Crippen LogP contribution < -0.4 is 4.90 Å². The average molecular weight is 418 g/mol. The van der Waals surface area contributed by atoms with Crippen LogP contribution in [0, 0.1) is 0 Å². The molecule has 0 fully saturated rings. The number of para-hydroxylation sites is 1. The standard InChI is InChI=1S/C24H23N3S2/c1-26(2)12-5-13-27-20-6-3-4-7-23(20)29-24-15-18(8-10-21(24)27)17-9-11-22-19(14-17)25-16-28-22/h3-4,6-11,14-16H,5,12-13H2,1-2H3. The number of nitrogens with zero attached hydrogens (tertiary/aromatic N) is 3. The zero-order chi connectivity index (χ0) is 19.8. The van der Waals surface area contributed by atoms with Crippen LogP contribution in [0.25, 0.3) is 21.3 Å². The molecule has 3 nitrogen and oxygen atoms in total. The van der Waals surface area contributed by atoms with Crippen LogP contribution in [0.5, 0.6) is 0 Å². The molecule has 0 unspecified atom stereocenters. The molecule has 0 saturated heterocycles. The molecule has 0 bridgehead atoms. The zero-order valence-electron chi connectivity index (χ0n) is 16.6. The largest absolute Gasteiger partial charge is 0.340 e. The van der Waals surface area contributed by atoms with Crippen molar-refractivity contribution in [2.75, 3.05) is 32.1 Å². The Morgan fingerprint density at radius 2 is 1.69 bits per heavy atom. The minimum absolute atomic E-state index is 1.02. The quantitative estimate of drug-likeness (QED) is 0.368. The average Bonchev–Trinajstić information content (AvgIpc) is 3.20. The van der Waals surface area contributed by atoms with Gasteiger partial charge in [-0.15, -0.1) is 11.3 Å². The molecule has 0 atom stereocenters. The highest BCUT2D eigenvalue weighted by molar-refractivity contribution is 7.99. The maximum absolute atomic E-state index is 4.48. The number of benzene rings is 3. The smallest absolute Gasteiger partial charge is 0.0818 e. The van der Waals surface area contributed by atoms with E-state index in [9.17, 15) is 0 Å². The lowest BCUT2D eigenvalue weighted by Crippen LogP contribution is -2.25. The van der Waals surface area contributed by atoms with Crippen LogP contribution >= 0.6 is 23.1 Å². The van der Waals surface area contributed by atoms with Crippen LogP contribution in [-0.2, 0) is 0 Å². The Balaban J connectivity index is 1.52. The molecule has 0 aliphatic carbocycles. The molecule has 4 aromatic rings. The van der Waals surface area contributed by atoms with Gasteiger partial charge in [0.25, 0.3) is 0 Å². The van der Waals surface area contributed by atoms with Crippen LogP contribution in [0.3, 0.4) is 0 Å². The zero-order valence-corrected chi connectivity index (χ0v) is 18.3. The van der Waals surface area contributed by atoms with E-state index in [1.54, 1.807) is 11.3 Å². The van der Waals surface area contributed by atoms with Gasteiger partial charge in [0.05, 0.1) is 27.1 Å². The first-order chi connectivity index (χ1) is 14.2. The second kappa shape index (κ2) is 7.82. The van der Waals surface area contributed by atoms with Gasteiger partial charge in [0.15, 0.2) is 0 Å². The van der Waals surface area contributed by atoms with Crippen molar-refractivity contribution in [1.82, 2.24) is 9.88 Å². The third kappa shape index (κ3) is 3.66. The fraction of sp³-hybridized carbons (Fsp3) is 0.208. The van der Waals surface area contributed by atoms with Gasteiger partial charge in [-0.2, -0.15) is 0 Å². The number of fused-ring (bicyclic) bond motifs is 3. The van der Waals surface area contributed by atoms with E-state index in [0.29, 0.717) is 0 Å². The maximum atomic E-state index is 4.48. The van der Waals surface area contributed by atoms with Gasteiger partial charge in [-0.3, -0.25) is 0 Å². The SMILES string of the molecule is CN(C)CCCN1c2ccccc2Sc2cc(-c3ccc4scnc4c3)ccc21. The van der Waals surface area contributed by atoms with Gasteiger partial charge >= 0.3 is 0 Å². The molecule has 5 heteroatoms. The number of hydrogen-bond acceptors (Lipinski definition) is 5. The summed E-state index contributed by atoms with van der Waals surface area (Å²) < 4.78 is 1.24. The Labute approximate surface area is 180 Å². The van der Waals surface area contributed by atoms with Gasteiger partial charge < -0.3 is 9.80 Å². The summed E-state index contributed by atoms with van der Waals surface area (Å²) in [5, 5.41) is 0. The predicted octanol–water partition coefficient (Wildman–Crippen LogP) is 6.52. The summed E-state index contributed by atoms with van der Waals surface area (Å²) in [7, 11) is 4.28. The molecular formula is C24H23N3S2. The Morgan fingerprint density at radius 1 is 0.897 bits per heavy atom. The molecule has 1 aliphatic heterocycles. The summed E-state index contributed by atoms with van der Waals surface area (Å²) in [5.74, 6) is 0. The molecule has 0 spiro atoms. The van der Waals surface area contributed by atoms with Crippen LogP contribution in [0.1, 0.15) is 6.42 Å². The molecule has 1 aromatic heterocycles. The minimum atomic E-state index is 1.02. The van der Waals surface area contributed by atoms with Crippen molar-refractivity contribution in [2.45, 2.75) is 16.2 Å². The summed E-state index contributed by atoms with van der Waals surface area (Å²) in [6.45, 7) is 2.11. The van der Waals surface area contributed by atoms with Gasteiger partial charge in [0, 0.05) is 16.3 Å². The minimum Gasteiger partial charge on any atom is -0.340 e. The van der Waals surface area contributed by atoms with Gasteiger partial charge in [-0.05, 0) is 74.6 Å². The van der Waals surface area contributed by atoms with Gasteiger partial charge in [-0.1, -0.05) is 36.0 Å². The normalized spacial score (nSPS) is 13.0. The molecule has 0 saturated carbocycles. The molecular weight excluding hydrogens is 394 g/mol. The lowest BCUT2D eigenvalue weighted by molar-refractivity contribution is 0.402. The number of hydrogen-bond donors (Lipinski definition) is 0. The third-order valence-corrected chi connectivity index (χ3v) is 7.20. The fourth-order valence-electron chi connectivity index (χ4n) is 3.84. The molecule has 1 aliphatic rings. The summed E-state index contributed by atoms with van der Waals surface area (Å²) in [4.78, 5) is 11.9. The van der Waals surface area contributed by atoms with E-state index in [-0.39, 0.29) is 0 Å². The Morgan fingerprint density at radius 3 is 2.59 bits per heavy atom. The molecule has 0 radical (unpaired) electrons. The van der Waals surface area contributed by atoms with Crippen molar-refractivity contribution in [3.05, 3.63) is 66.2 Å². The fourth-order valence-corrected chi connectivity index (χ4v) is 5.63. The first-order valence-electron chi connectivity index (χ1n) is 9.86. The van der Waals surface area contributed by atoms with Crippen molar-refractivity contribution >= 4 is 44.7 Å².